The molecule has 0 radical (unpaired) electrons. The molecule has 0 aliphatic carbocycles. The van der Waals surface area contributed by atoms with E-state index in [1.807, 2.05) is 49.4 Å². The van der Waals surface area contributed by atoms with E-state index in [1.54, 1.807) is 0 Å². The van der Waals surface area contributed by atoms with Gasteiger partial charge in [0, 0.05) is 10.7 Å². The molecule has 0 fully saturated rings. The van der Waals surface area contributed by atoms with E-state index in [0.29, 0.717) is 5.11 Å². The molecule has 0 spiro atoms. The van der Waals surface area contributed by atoms with Crippen LogP contribution in [0, 0.1) is 13.8 Å². The third-order valence-corrected chi connectivity index (χ3v) is 4.96. The highest BCUT2D eigenvalue weighted by atomic mass is 35.5. The standard InChI is InChI=1S/C22H21ClN2S/c1-15-8-6-7-11-19(15)21(17-9-4-3-5-10-17)25-22(26)24-18-13-12-16(2)20(23)14-18/h3-14,21H,1-2H3,(H2,24,25,26)/t21-/m0/s1. The molecule has 0 bridgehead atoms. The second-order valence-electron chi connectivity index (χ2n) is 6.26. The molecule has 0 aromatic heterocycles. The van der Waals surface area contributed by atoms with Crippen molar-refractivity contribution in [3.05, 3.63) is 100 Å². The summed E-state index contributed by atoms with van der Waals surface area (Å²) in [5, 5.41) is 7.96. The lowest BCUT2D eigenvalue weighted by molar-refractivity contribution is 0.762. The van der Waals surface area contributed by atoms with Crippen molar-refractivity contribution in [3.63, 3.8) is 0 Å². The van der Waals surface area contributed by atoms with E-state index in [9.17, 15) is 0 Å². The zero-order valence-electron chi connectivity index (χ0n) is 14.8. The molecule has 3 rings (SSSR count). The first-order chi connectivity index (χ1) is 12.5. The summed E-state index contributed by atoms with van der Waals surface area (Å²) in [6, 6.07) is 24.5. The topological polar surface area (TPSA) is 24.1 Å². The summed E-state index contributed by atoms with van der Waals surface area (Å²) in [6.07, 6.45) is 0. The normalized spacial score (nSPS) is 11.7. The van der Waals surface area contributed by atoms with Gasteiger partial charge in [-0.1, -0.05) is 72.3 Å². The zero-order valence-corrected chi connectivity index (χ0v) is 16.4. The van der Waals surface area contributed by atoms with Crippen LogP contribution in [0.25, 0.3) is 0 Å². The smallest absolute Gasteiger partial charge is 0.171 e. The van der Waals surface area contributed by atoms with Crippen LogP contribution in [0.5, 0.6) is 0 Å². The number of aryl methyl sites for hydroxylation is 2. The molecule has 0 saturated heterocycles. The Labute approximate surface area is 165 Å². The van der Waals surface area contributed by atoms with E-state index in [0.717, 1.165) is 21.8 Å². The number of anilines is 1. The molecule has 0 heterocycles. The molecule has 0 saturated carbocycles. The van der Waals surface area contributed by atoms with Crippen molar-refractivity contribution in [3.8, 4) is 0 Å². The van der Waals surface area contributed by atoms with Crippen molar-refractivity contribution < 1.29 is 0 Å². The number of nitrogens with one attached hydrogen (secondary N) is 2. The van der Waals surface area contributed by atoms with Gasteiger partial charge in [0.2, 0.25) is 0 Å². The highest BCUT2D eigenvalue weighted by Gasteiger charge is 2.17. The average Bonchev–Trinajstić information content (AvgIpc) is 2.64. The lowest BCUT2D eigenvalue weighted by Crippen LogP contribution is -2.33. The van der Waals surface area contributed by atoms with Crippen molar-refractivity contribution in [1.82, 2.24) is 5.32 Å². The van der Waals surface area contributed by atoms with Crippen LogP contribution >= 0.6 is 23.8 Å². The Morgan fingerprint density at radius 2 is 1.58 bits per heavy atom. The first-order valence-electron chi connectivity index (χ1n) is 8.49. The number of rotatable bonds is 4. The molecule has 0 amide bonds. The lowest BCUT2D eigenvalue weighted by Gasteiger charge is -2.23. The van der Waals surface area contributed by atoms with E-state index >= 15 is 0 Å². The molecule has 132 valence electrons. The molecule has 0 unspecified atom stereocenters. The molecule has 3 aromatic rings. The maximum atomic E-state index is 6.21. The average molecular weight is 381 g/mol. The maximum Gasteiger partial charge on any atom is 0.171 e. The Morgan fingerprint density at radius 1 is 0.885 bits per heavy atom. The lowest BCUT2D eigenvalue weighted by atomic mass is 9.95. The summed E-state index contributed by atoms with van der Waals surface area (Å²) in [4.78, 5) is 0. The van der Waals surface area contributed by atoms with Crippen LogP contribution in [0.1, 0.15) is 28.3 Å². The van der Waals surface area contributed by atoms with Gasteiger partial charge in [-0.05, 0) is 60.5 Å². The largest absolute Gasteiger partial charge is 0.352 e. The van der Waals surface area contributed by atoms with Crippen LogP contribution in [0.3, 0.4) is 0 Å². The second kappa shape index (κ2) is 8.35. The molecular weight excluding hydrogens is 360 g/mol. The van der Waals surface area contributed by atoms with Crippen LogP contribution in [-0.4, -0.2) is 5.11 Å². The van der Waals surface area contributed by atoms with Gasteiger partial charge in [0.1, 0.15) is 0 Å². The summed E-state index contributed by atoms with van der Waals surface area (Å²) in [5.74, 6) is 0. The van der Waals surface area contributed by atoms with Crippen molar-refractivity contribution in [2.75, 3.05) is 5.32 Å². The fourth-order valence-electron chi connectivity index (χ4n) is 2.87. The van der Waals surface area contributed by atoms with Crippen molar-refractivity contribution >= 4 is 34.6 Å². The van der Waals surface area contributed by atoms with Crippen LogP contribution in [0.2, 0.25) is 5.02 Å². The van der Waals surface area contributed by atoms with Crippen molar-refractivity contribution in [2.24, 2.45) is 0 Å². The van der Waals surface area contributed by atoms with Crippen LogP contribution in [-0.2, 0) is 0 Å². The summed E-state index contributed by atoms with van der Waals surface area (Å²) < 4.78 is 0. The molecule has 0 aliphatic heterocycles. The Hall–Kier alpha value is -2.36. The summed E-state index contributed by atoms with van der Waals surface area (Å²) in [7, 11) is 0. The Bertz CT molecular complexity index is 909. The van der Waals surface area contributed by atoms with E-state index < -0.39 is 0 Å². The van der Waals surface area contributed by atoms with Gasteiger partial charge >= 0.3 is 0 Å². The minimum absolute atomic E-state index is 0.0293. The fraction of sp³-hybridized carbons (Fsp3) is 0.136. The number of halogens is 1. The first kappa shape index (κ1) is 18.4. The van der Waals surface area contributed by atoms with Gasteiger partial charge in [0.25, 0.3) is 0 Å². The highest BCUT2D eigenvalue weighted by molar-refractivity contribution is 7.80. The number of thiocarbonyl (C=S) groups is 1. The molecule has 26 heavy (non-hydrogen) atoms. The minimum atomic E-state index is -0.0293. The van der Waals surface area contributed by atoms with Crippen molar-refractivity contribution in [1.29, 1.82) is 0 Å². The summed E-state index contributed by atoms with van der Waals surface area (Å²) in [5.41, 5.74) is 5.49. The van der Waals surface area contributed by atoms with E-state index in [-0.39, 0.29) is 6.04 Å². The van der Waals surface area contributed by atoms with Gasteiger partial charge in [-0.3, -0.25) is 0 Å². The van der Waals surface area contributed by atoms with Gasteiger partial charge in [0.05, 0.1) is 6.04 Å². The second-order valence-corrected chi connectivity index (χ2v) is 7.08. The van der Waals surface area contributed by atoms with Crippen LogP contribution in [0.4, 0.5) is 5.69 Å². The Kier molecular flexibility index (Phi) is 5.92. The molecular formula is C22H21ClN2S. The van der Waals surface area contributed by atoms with Crippen LogP contribution in [0.15, 0.2) is 72.8 Å². The Balaban J connectivity index is 1.85. The van der Waals surface area contributed by atoms with Gasteiger partial charge in [-0.25, -0.2) is 0 Å². The predicted octanol–water partition coefficient (Wildman–Crippen LogP) is 6.03. The quantitative estimate of drug-likeness (QED) is 0.540. The monoisotopic (exact) mass is 380 g/mol. The van der Waals surface area contributed by atoms with E-state index in [2.05, 4.69) is 47.9 Å². The van der Waals surface area contributed by atoms with Crippen molar-refractivity contribution in [2.45, 2.75) is 19.9 Å². The number of benzene rings is 3. The van der Waals surface area contributed by atoms with Gasteiger partial charge in [0.15, 0.2) is 5.11 Å². The van der Waals surface area contributed by atoms with E-state index in [4.69, 9.17) is 23.8 Å². The summed E-state index contributed by atoms with van der Waals surface area (Å²) >= 11 is 11.8. The Morgan fingerprint density at radius 3 is 2.27 bits per heavy atom. The third kappa shape index (κ3) is 4.43. The van der Waals surface area contributed by atoms with E-state index in [1.165, 1.54) is 11.1 Å². The SMILES string of the molecule is Cc1ccc(NC(=S)N[C@@H](c2ccccc2)c2ccccc2C)cc1Cl. The summed E-state index contributed by atoms with van der Waals surface area (Å²) in [6.45, 7) is 4.09. The number of hydrogen-bond acceptors (Lipinski definition) is 1. The predicted molar refractivity (Wildman–Crippen MR) is 115 cm³/mol. The third-order valence-electron chi connectivity index (χ3n) is 4.34. The zero-order chi connectivity index (χ0) is 18.5. The van der Waals surface area contributed by atoms with Gasteiger partial charge < -0.3 is 10.6 Å². The molecule has 0 aliphatic rings. The molecule has 4 heteroatoms. The molecule has 2 N–H and O–H groups in total. The first-order valence-corrected chi connectivity index (χ1v) is 9.27. The van der Waals surface area contributed by atoms with Gasteiger partial charge in [-0.2, -0.15) is 0 Å². The highest BCUT2D eigenvalue weighted by Crippen LogP contribution is 2.25. The van der Waals surface area contributed by atoms with Gasteiger partial charge in [-0.15, -0.1) is 0 Å². The molecule has 2 nitrogen and oxygen atoms in total. The van der Waals surface area contributed by atoms with Crippen LogP contribution < -0.4 is 10.6 Å². The minimum Gasteiger partial charge on any atom is -0.352 e. The number of hydrogen-bond donors (Lipinski definition) is 2. The fourth-order valence-corrected chi connectivity index (χ4v) is 3.28. The molecule has 1 atom stereocenters. The maximum absolute atomic E-state index is 6.21. The molecule has 3 aromatic carbocycles.